The molecule has 0 aromatic carbocycles. The van der Waals surface area contributed by atoms with Crippen LogP contribution in [0.3, 0.4) is 0 Å². The van der Waals surface area contributed by atoms with Crippen LogP contribution >= 0.6 is 0 Å². The summed E-state index contributed by atoms with van der Waals surface area (Å²) in [6.45, 7) is 0. The van der Waals surface area contributed by atoms with Crippen molar-refractivity contribution in [1.82, 2.24) is 0 Å². The maximum atomic E-state index is 12.6. The van der Waals surface area contributed by atoms with E-state index in [9.17, 15) is 49.2 Å². The minimum atomic E-state index is -6.00. The number of hydrogen-bond acceptors (Lipinski definition) is 8. The first-order chi connectivity index (χ1) is 7.02. The van der Waals surface area contributed by atoms with Crippen molar-refractivity contribution in [2.75, 3.05) is 0 Å². The lowest BCUT2D eigenvalue weighted by Gasteiger charge is -2.10. The molecule has 0 aliphatic carbocycles. The zero-order valence-corrected chi connectivity index (χ0v) is 6.81. The summed E-state index contributed by atoms with van der Waals surface area (Å²) in [5, 5.41) is 39.7. The van der Waals surface area contributed by atoms with Crippen LogP contribution in [-0.2, 0) is 0 Å². The molecule has 0 aliphatic rings. The quantitative estimate of drug-likeness (QED) is 0.266. The Labute approximate surface area is 82.0 Å². The number of alkyl halides is 2. The molecule has 12 nitrogen and oxygen atoms in total. The number of rotatable bonds is 5. The van der Waals surface area contributed by atoms with Gasteiger partial charge in [0, 0.05) is 0 Å². The predicted octanol–water partition coefficient (Wildman–Crippen LogP) is -0.660. The van der Waals surface area contributed by atoms with Crippen molar-refractivity contribution in [2.24, 2.45) is 0 Å². The highest BCUT2D eigenvalue weighted by molar-refractivity contribution is 4.65. The largest absolute Gasteiger partial charge is 0.838 e. The van der Waals surface area contributed by atoms with E-state index in [2.05, 4.69) is 0 Å². The van der Waals surface area contributed by atoms with Gasteiger partial charge in [-0.2, -0.15) is 0 Å². The van der Waals surface area contributed by atoms with Crippen LogP contribution in [0.4, 0.5) is 8.78 Å². The van der Waals surface area contributed by atoms with Crippen molar-refractivity contribution in [3.63, 3.8) is 0 Å². The van der Waals surface area contributed by atoms with E-state index >= 15 is 0 Å². The number of nitro groups is 4. The van der Waals surface area contributed by atoms with Gasteiger partial charge in [0.05, 0.1) is 0 Å². The van der Waals surface area contributed by atoms with Gasteiger partial charge in [-0.1, -0.05) is 0 Å². The van der Waals surface area contributed by atoms with Crippen molar-refractivity contribution in [3.8, 4) is 0 Å². The van der Waals surface area contributed by atoms with Crippen molar-refractivity contribution in [2.45, 2.75) is 11.8 Å². The summed E-state index contributed by atoms with van der Waals surface area (Å²) < 4.78 is 25.2. The second kappa shape index (κ2) is 3.55. The Morgan fingerprint density at radius 1 is 0.688 bits per heavy atom. The Hall–Kier alpha value is -2.54. The van der Waals surface area contributed by atoms with E-state index in [4.69, 9.17) is 0 Å². The van der Waals surface area contributed by atoms with Gasteiger partial charge in [-0.3, -0.25) is 40.5 Å². The molecule has 0 N–H and O–H groups in total. The van der Waals surface area contributed by atoms with Gasteiger partial charge in [0.25, 0.3) is 0 Å². The first-order valence-corrected chi connectivity index (χ1v) is 2.98. The van der Waals surface area contributed by atoms with Gasteiger partial charge >= 0.3 is 11.8 Å². The average molecular weight is 246 g/mol. The molecule has 0 bridgehead atoms. The van der Waals surface area contributed by atoms with Gasteiger partial charge in [0.15, 0.2) is 14.8 Å². The minimum Gasteiger partial charge on any atom is -0.258 e. The van der Waals surface area contributed by atoms with Gasteiger partial charge < -0.3 is 0 Å². The molecule has 0 atom stereocenters. The van der Waals surface area contributed by atoms with Gasteiger partial charge in [-0.05, 0) is 0 Å². The van der Waals surface area contributed by atoms with Crippen LogP contribution in [0, 0.1) is 40.5 Å². The third kappa shape index (κ3) is 1.35. The van der Waals surface area contributed by atoms with E-state index in [1.54, 1.807) is 0 Å². The van der Waals surface area contributed by atoms with E-state index < -0.39 is 31.5 Å². The fraction of sp³-hybridized carbons (Fsp3) is 1.00. The maximum Gasteiger partial charge on any atom is 0.838 e. The highest BCUT2D eigenvalue weighted by Crippen LogP contribution is 2.33. The minimum absolute atomic E-state index is 2.63. The van der Waals surface area contributed by atoms with E-state index in [1.165, 1.54) is 0 Å². The predicted molar refractivity (Wildman–Crippen MR) is 35.7 cm³/mol. The zero-order chi connectivity index (χ0) is 13.3. The van der Waals surface area contributed by atoms with E-state index in [0.717, 1.165) is 0 Å². The molecular formula is C2F2N4O8. The Balaban J connectivity index is 6.14. The molecule has 0 rings (SSSR count). The first-order valence-electron chi connectivity index (χ1n) is 2.98. The lowest BCUT2D eigenvalue weighted by molar-refractivity contribution is -1.02. The molecule has 14 heteroatoms. The number of hydrogen-bond donors (Lipinski definition) is 0. The van der Waals surface area contributed by atoms with Crippen LogP contribution in [0.15, 0.2) is 0 Å². The molecule has 16 heavy (non-hydrogen) atoms. The first kappa shape index (κ1) is 13.5. The highest BCUT2D eigenvalue weighted by atomic mass is 19.3. The van der Waals surface area contributed by atoms with Crippen LogP contribution < -0.4 is 0 Å². The number of halogens is 2. The van der Waals surface area contributed by atoms with E-state index in [-0.39, 0.29) is 0 Å². The Kier molecular flexibility index (Phi) is 2.99. The molecule has 0 saturated carbocycles. The summed E-state index contributed by atoms with van der Waals surface area (Å²) in [6, 6.07) is -6.00. The smallest absolute Gasteiger partial charge is 0.258 e. The fourth-order valence-corrected chi connectivity index (χ4v) is 0.652. The molecule has 0 saturated heterocycles. The number of nitrogens with zero attached hydrogens (tertiary/aromatic N) is 4. The average Bonchev–Trinajstić information content (AvgIpc) is 2.00. The van der Waals surface area contributed by atoms with Crippen LogP contribution in [0.25, 0.3) is 0 Å². The molecule has 0 aromatic rings. The molecule has 0 aromatic heterocycles. The summed E-state index contributed by atoms with van der Waals surface area (Å²) in [6.07, 6.45) is 0. The normalized spacial score (nSPS) is 11.9. The second-order valence-electron chi connectivity index (χ2n) is 2.21. The van der Waals surface area contributed by atoms with Crippen LogP contribution in [0.1, 0.15) is 0 Å². The van der Waals surface area contributed by atoms with Gasteiger partial charge in [-0.25, -0.2) is 0 Å². The molecule has 0 spiro atoms. The summed E-state index contributed by atoms with van der Waals surface area (Å²) >= 11 is 0. The molecule has 0 heterocycles. The Morgan fingerprint density at radius 3 is 1.00 bits per heavy atom. The SMILES string of the molecule is O=[N+]([O-])C(F)(F)C([N+](=O)[O-])([N+](=O)[O-])[N+](=O)[O-]. The maximum absolute atomic E-state index is 12.6. The lowest BCUT2D eigenvalue weighted by Crippen LogP contribution is -2.68. The molecule has 0 amide bonds. The summed E-state index contributed by atoms with van der Waals surface area (Å²) in [7, 11) is 0. The molecule has 90 valence electrons. The zero-order valence-electron chi connectivity index (χ0n) is 6.81. The third-order valence-corrected chi connectivity index (χ3v) is 1.40. The molecular weight excluding hydrogens is 246 g/mol. The van der Waals surface area contributed by atoms with Crippen molar-refractivity contribution >= 4 is 0 Å². The molecule has 0 unspecified atom stereocenters. The molecule has 0 aliphatic heterocycles. The van der Waals surface area contributed by atoms with Gasteiger partial charge in [0.2, 0.25) is 0 Å². The Bertz CT molecular complexity index is 342. The van der Waals surface area contributed by atoms with Crippen LogP contribution in [0.2, 0.25) is 0 Å². The standard InChI is InChI=1S/C2F2N4O8/c3-1(4,5(9)10)2(6(11)12,7(13)14)8(15)16. The van der Waals surface area contributed by atoms with Gasteiger partial charge in [-0.15, -0.1) is 8.78 Å². The van der Waals surface area contributed by atoms with Crippen molar-refractivity contribution in [3.05, 3.63) is 40.5 Å². The summed E-state index contributed by atoms with van der Waals surface area (Å²) in [5.41, 5.74) is 0. The third-order valence-electron chi connectivity index (χ3n) is 1.40. The summed E-state index contributed by atoms with van der Waals surface area (Å²) in [4.78, 5) is 29.1. The molecule has 0 radical (unpaired) electrons. The topological polar surface area (TPSA) is 173 Å². The van der Waals surface area contributed by atoms with Crippen LogP contribution in [0.5, 0.6) is 0 Å². The monoisotopic (exact) mass is 246 g/mol. The van der Waals surface area contributed by atoms with E-state index in [1.807, 2.05) is 0 Å². The molecule has 0 fully saturated rings. The van der Waals surface area contributed by atoms with Crippen molar-refractivity contribution < 1.29 is 28.5 Å². The highest BCUT2D eigenvalue weighted by Gasteiger charge is 2.98. The summed E-state index contributed by atoms with van der Waals surface area (Å²) in [5.74, 6) is -5.45. The fourth-order valence-electron chi connectivity index (χ4n) is 0.652. The second-order valence-corrected chi connectivity index (χ2v) is 2.21. The lowest BCUT2D eigenvalue weighted by atomic mass is 10.3. The van der Waals surface area contributed by atoms with Gasteiger partial charge in [0.1, 0.15) is 4.92 Å². The van der Waals surface area contributed by atoms with Crippen molar-refractivity contribution in [1.29, 1.82) is 0 Å². The Morgan fingerprint density at radius 2 is 0.938 bits per heavy atom. The van der Waals surface area contributed by atoms with E-state index in [0.29, 0.717) is 0 Å². The van der Waals surface area contributed by atoms with Crippen LogP contribution in [-0.4, -0.2) is 31.5 Å².